The molecule has 1 unspecified atom stereocenters. The average molecular weight is 340 g/mol. The Kier molecular flexibility index (Phi) is 5.04. The number of aliphatic hydroxyl groups excluding tert-OH is 1. The zero-order valence-corrected chi connectivity index (χ0v) is 14.2. The molecule has 0 aliphatic carbocycles. The minimum atomic E-state index is -0.0960. The monoisotopic (exact) mass is 340 g/mol. The molecule has 3 heterocycles. The molecule has 0 aliphatic rings. The van der Waals surface area contributed by atoms with Crippen LogP contribution in [-0.2, 0) is 6.42 Å². The zero-order valence-electron chi connectivity index (χ0n) is 14.2. The Bertz CT molecular complexity index is 877. The number of aliphatic hydroxyl groups is 1. The molecule has 1 atom stereocenters. The van der Waals surface area contributed by atoms with E-state index in [1.807, 2.05) is 18.2 Å². The van der Waals surface area contributed by atoms with Gasteiger partial charge in [-0.05, 0) is 32.4 Å². The molecule has 3 aromatic rings. The van der Waals surface area contributed by atoms with Gasteiger partial charge in [0.1, 0.15) is 17.9 Å². The highest BCUT2D eigenvalue weighted by molar-refractivity contribution is 6.09. The lowest BCUT2D eigenvalue weighted by Gasteiger charge is -2.15. The van der Waals surface area contributed by atoms with E-state index in [1.165, 1.54) is 13.3 Å². The van der Waals surface area contributed by atoms with Crippen LogP contribution >= 0.6 is 0 Å². The van der Waals surface area contributed by atoms with Crippen molar-refractivity contribution in [3.8, 4) is 0 Å². The number of carbonyl (C=O) groups is 1. The van der Waals surface area contributed by atoms with Crippen molar-refractivity contribution in [3.05, 3.63) is 47.7 Å². The molecule has 3 rings (SSSR count). The number of rotatable bonds is 7. The topological polar surface area (TPSA) is 101 Å². The number of furan rings is 1. The van der Waals surface area contributed by atoms with Gasteiger partial charge < -0.3 is 14.8 Å². The molecule has 25 heavy (non-hydrogen) atoms. The maximum atomic E-state index is 11.9. The summed E-state index contributed by atoms with van der Waals surface area (Å²) in [7, 11) is 0. The predicted molar refractivity (Wildman–Crippen MR) is 93.6 cm³/mol. The van der Waals surface area contributed by atoms with Crippen molar-refractivity contribution in [1.82, 2.24) is 15.0 Å². The van der Waals surface area contributed by atoms with Crippen molar-refractivity contribution in [2.75, 3.05) is 18.5 Å². The van der Waals surface area contributed by atoms with E-state index in [-0.39, 0.29) is 18.3 Å². The van der Waals surface area contributed by atoms with Gasteiger partial charge in [0, 0.05) is 31.0 Å². The molecule has 0 spiro atoms. The van der Waals surface area contributed by atoms with Crippen LogP contribution in [0.3, 0.4) is 0 Å². The first-order valence-corrected chi connectivity index (χ1v) is 8.09. The summed E-state index contributed by atoms with van der Waals surface area (Å²) in [6.07, 6.45) is 3.77. The summed E-state index contributed by atoms with van der Waals surface area (Å²) in [5.41, 5.74) is 1.79. The average Bonchev–Trinajstić information content (AvgIpc) is 2.96. The second-order valence-electron chi connectivity index (χ2n) is 5.95. The lowest BCUT2D eigenvalue weighted by molar-refractivity contribution is 0.101. The minimum Gasteiger partial charge on any atom is -0.442 e. The number of carbonyl (C=O) groups excluding carboxylic acids is 1. The molecule has 0 saturated heterocycles. The number of ketones is 1. The molecule has 3 aromatic heterocycles. The van der Waals surface area contributed by atoms with Crippen molar-refractivity contribution < 1.29 is 14.3 Å². The molecule has 0 aliphatic heterocycles. The number of Topliss-reactive ketones (excluding diaryl/α,β-unsaturated/α-hetero) is 1. The van der Waals surface area contributed by atoms with Crippen LogP contribution in [0.5, 0.6) is 0 Å². The zero-order chi connectivity index (χ0) is 17.8. The number of nitrogens with one attached hydrogen (secondary N) is 1. The van der Waals surface area contributed by atoms with Crippen molar-refractivity contribution in [2.45, 2.75) is 20.3 Å². The Morgan fingerprint density at radius 3 is 2.84 bits per heavy atom. The second kappa shape index (κ2) is 7.40. The van der Waals surface area contributed by atoms with Gasteiger partial charge in [-0.3, -0.25) is 9.78 Å². The molecule has 130 valence electrons. The first-order chi connectivity index (χ1) is 12.1. The second-order valence-corrected chi connectivity index (χ2v) is 5.95. The number of fused-ring (bicyclic) bond motifs is 1. The summed E-state index contributed by atoms with van der Waals surface area (Å²) >= 11 is 0. The van der Waals surface area contributed by atoms with E-state index in [2.05, 4.69) is 20.3 Å². The summed E-state index contributed by atoms with van der Waals surface area (Å²) in [6.45, 7) is 3.73. The lowest BCUT2D eigenvalue weighted by atomic mass is 10.0. The number of pyridine rings is 1. The maximum Gasteiger partial charge on any atom is 0.232 e. The van der Waals surface area contributed by atoms with Crippen LogP contribution in [0.15, 0.2) is 35.1 Å². The summed E-state index contributed by atoms with van der Waals surface area (Å²) < 4.78 is 5.56. The number of hydrogen-bond acceptors (Lipinski definition) is 7. The van der Waals surface area contributed by atoms with Crippen LogP contribution in [-0.4, -0.2) is 39.0 Å². The fourth-order valence-electron chi connectivity index (χ4n) is 2.86. The Morgan fingerprint density at radius 2 is 2.16 bits per heavy atom. The van der Waals surface area contributed by atoms with Crippen LogP contribution in [0.1, 0.15) is 28.7 Å². The summed E-state index contributed by atoms with van der Waals surface area (Å²) in [6, 6.07) is 5.71. The van der Waals surface area contributed by atoms with Crippen LogP contribution in [0, 0.1) is 12.8 Å². The molecule has 0 saturated carbocycles. The molecular formula is C18H20N4O3. The Labute approximate surface area is 145 Å². The molecule has 0 aromatic carbocycles. The molecule has 7 heteroatoms. The Balaban J connectivity index is 1.81. The number of nitrogens with zero attached hydrogens (tertiary/aromatic N) is 3. The maximum absolute atomic E-state index is 11.9. The third-order valence-corrected chi connectivity index (χ3v) is 4.06. The van der Waals surface area contributed by atoms with Crippen LogP contribution in [0.2, 0.25) is 0 Å². The Hall–Kier alpha value is -2.80. The highest BCUT2D eigenvalue weighted by atomic mass is 16.3. The summed E-state index contributed by atoms with van der Waals surface area (Å²) in [5, 5.41) is 13.5. The highest BCUT2D eigenvalue weighted by Gasteiger charge is 2.20. The van der Waals surface area contributed by atoms with Gasteiger partial charge in [0.25, 0.3) is 0 Å². The number of aryl methyl sites for hydroxylation is 1. The molecule has 2 N–H and O–H groups in total. The van der Waals surface area contributed by atoms with Gasteiger partial charge in [-0.2, -0.15) is 0 Å². The van der Waals surface area contributed by atoms with Crippen LogP contribution in [0.4, 0.5) is 5.82 Å². The van der Waals surface area contributed by atoms with Gasteiger partial charge >= 0.3 is 0 Å². The van der Waals surface area contributed by atoms with E-state index in [1.54, 1.807) is 13.1 Å². The SMILES string of the molecule is CC(=O)c1c(C)oc2ncnc(NCC(CO)Cc3ccccn3)c12. The van der Waals surface area contributed by atoms with Crippen molar-refractivity contribution in [3.63, 3.8) is 0 Å². The van der Waals surface area contributed by atoms with E-state index in [4.69, 9.17) is 4.42 Å². The first kappa shape index (κ1) is 17.0. The van der Waals surface area contributed by atoms with Gasteiger partial charge in [-0.15, -0.1) is 0 Å². The van der Waals surface area contributed by atoms with Crippen LogP contribution < -0.4 is 5.32 Å². The van der Waals surface area contributed by atoms with Gasteiger partial charge in [0.2, 0.25) is 5.71 Å². The number of aromatic nitrogens is 3. The quantitative estimate of drug-likeness (QED) is 0.637. The van der Waals surface area contributed by atoms with E-state index < -0.39 is 0 Å². The van der Waals surface area contributed by atoms with Gasteiger partial charge in [0.15, 0.2) is 5.78 Å². The number of hydrogen-bond donors (Lipinski definition) is 2. The number of anilines is 1. The van der Waals surface area contributed by atoms with E-state index in [0.717, 1.165) is 5.69 Å². The smallest absolute Gasteiger partial charge is 0.232 e. The fourth-order valence-corrected chi connectivity index (χ4v) is 2.86. The Morgan fingerprint density at radius 1 is 1.32 bits per heavy atom. The molecule has 0 amide bonds. The standard InChI is InChI=1S/C18H20N4O3/c1-11(24)15-12(2)25-18-16(15)17(21-10-22-18)20-8-13(9-23)7-14-5-3-4-6-19-14/h3-6,10,13,23H,7-9H2,1-2H3,(H,20,21,22). The van der Waals surface area contributed by atoms with Gasteiger partial charge in [-0.25, -0.2) is 9.97 Å². The van der Waals surface area contributed by atoms with Crippen molar-refractivity contribution >= 4 is 22.7 Å². The van der Waals surface area contributed by atoms with E-state index >= 15 is 0 Å². The molecule has 0 fully saturated rings. The lowest BCUT2D eigenvalue weighted by Crippen LogP contribution is -2.21. The third-order valence-electron chi connectivity index (χ3n) is 4.06. The normalized spacial score (nSPS) is 12.3. The van der Waals surface area contributed by atoms with Crippen molar-refractivity contribution in [1.29, 1.82) is 0 Å². The van der Waals surface area contributed by atoms with Crippen molar-refractivity contribution in [2.24, 2.45) is 5.92 Å². The summed E-state index contributed by atoms with van der Waals surface area (Å²) in [4.78, 5) is 24.6. The largest absolute Gasteiger partial charge is 0.442 e. The fraction of sp³-hybridized carbons (Fsp3) is 0.333. The predicted octanol–water partition coefficient (Wildman–Crippen LogP) is 2.39. The van der Waals surface area contributed by atoms with Crippen LogP contribution in [0.25, 0.3) is 11.1 Å². The first-order valence-electron chi connectivity index (χ1n) is 8.09. The molecular weight excluding hydrogens is 320 g/mol. The van der Waals surface area contributed by atoms with Gasteiger partial charge in [0.05, 0.1) is 10.9 Å². The minimum absolute atomic E-state index is 0.0157. The molecule has 0 radical (unpaired) electrons. The summed E-state index contributed by atoms with van der Waals surface area (Å²) in [5.74, 6) is 0.930. The third kappa shape index (κ3) is 3.66. The van der Waals surface area contributed by atoms with E-state index in [9.17, 15) is 9.90 Å². The van der Waals surface area contributed by atoms with Gasteiger partial charge in [-0.1, -0.05) is 6.07 Å². The highest BCUT2D eigenvalue weighted by Crippen LogP contribution is 2.29. The molecule has 0 bridgehead atoms. The molecule has 7 nitrogen and oxygen atoms in total. The van der Waals surface area contributed by atoms with E-state index in [0.29, 0.717) is 41.2 Å².